The van der Waals surface area contributed by atoms with Crippen molar-refractivity contribution >= 4 is 16.7 Å². The normalized spacial score (nSPS) is 16.9. The number of nitrogens with zero attached hydrogens (tertiary/aromatic N) is 5. The molecule has 1 atom stereocenters. The highest BCUT2D eigenvalue weighted by Gasteiger charge is 2.21. The van der Waals surface area contributed by atoms with Crippen LogP contribution in [-0.4, -0.2) is 51.1 Å². The van der Waals surface area contributed by atoms with Gasteiger partial charge >= 0.3 is 0 Å². The van der Waals surface area contributed by atoms with Gasteiger partial charge in [0.25, 0.3) is 0 Å². The van der Waals surface area contributed by atoms with E-state index in [9.17, 15) is 0 Å². The van der Waals surface area contributed by atoms with Gasteiger partial charge in [0.05, 0.1) is 11.7 Å². The number of anilines is 1. The van der Waals surface area contributed by atoms with E-state index in [1.54, 1.807) is 6.20 Å². The molecular formula is C23H25N7. The van der Waals surface area contributed by atoms with Crippen LogP contribution in [0, 0.1) is 13.8 Å². The van der Waals surface area contributed by atoms with Crippen LogP contribution < -0.4 is 10.2 Å². The first-order chi connectivity index (χ1) is 14.7. The fourth-order valence-corrected chi connectivity index (χ4v) is 4.18. The van der Waals surface area contributed by atoms with Crippen molar-refractivity contribution in [1.82, 2.24) is 30.7 Å². The summed E-state index contributed by atoms with van der Waals surface area (Å²) < 4.78 is 0. The second-order valence-electron chi connectivity index (χ2n) is 7.96. The third-order valence-corrected chi connectivity index (χ3v) is 5.75. The molecule has 0 amide bonds. The monoisotopic (exact) mass is 399 g/mol. The summed E-state index contributed by atoms with van der Waals surface area (Å²) in [6, 6.07) is 15.2. The summed E-state index contributed by atoms with van der Waals surface area (Å²) in [6.45, 7) is 6.82. The minimum absolute atomic E-state index is 0.381. The quantitative estimate of drug-likeness (QED) is 0.549. The van der Waals surface area contributed by atoms with Crippen LogP contribution >= 0.6 is 0 Å². The summed E-state index contributed by atoms with van der Waals surface area (Å²) in [7, 11) is 0. The van der Waals surface area contributed by atoms with Crippen LogP contribution in [0.15, 0.2) is 48.7 Å². The van der Waals surface area contributed by atoms with Gasteiger partial charge in [-0.15, -0.1) is 5.10 Å². The molecule has 1 saturated heterocycles. The van der Waals surface area contributed by atoms with E-state index in [0.717, 1.165) is 59.6 Å². The molecule has 2 N–H and O–H groups in total. The number of H-pyrrole nitrogens is 1. The van der Waals surface area contributed by atoms with Crippen molar-refractivity contribution in [2.75, 3.05) is 24.5 Å². The molecule has 2 aromatic carbocycles. The molecule has 0 unspecified atom stereocenters. The number of aromatic nitrogens is 5. The molecule has 7 nitrogen and oxygen atoms in total. The van der Waals surface area contributed by atoms with Crippen molar-refractivity contribution in [1.29, 1.82) is 0 Å². The Bertz CT molecular complexity index is 1170. The van der Waals surface area contributed by atoms with Crippen molar-refractivity contribution in [3.63, 3.8) is 0 Å². The number of hydrogen-bond donors (Lipinski definition) is 2. The average Bonchev–Trinajstić information content (AvgIpc) is 3.16. The molecule has 0 spiro atoms. The Morgan fingerprint density at radius 2 is 2.00 bits per heavy atom. The molecule has 1 aliphatic heterocycles. The van der Waals surface area contributed by atoms with Crippen LogP contribution in [0.4, 0.5) is 5.82 Å². The SMILES string of the molecule is Cc1[nH]nc2c(C)cc(-c3nncc(N4CCN[C@@H](Cc5ccccc5)C4)n3)cc12. The Morgan fingerprint density at radius 3 is 2.87 bits per heavy atom. The third kappa shape index (κ3) is 3.64. The zero-order valence-electron chi connectivity index (χ0n) is 17.3. The highest BCUT2D eigenvalue weighted by molar-refractivity contribution is 5.88. The number of aromatic amines is 1. The molecule has 1 aliphatic rings. The number of fused-ring (bicyclic) bond motifs is 1. The van der Waals surface area contributed by atoms with Crippen LogP contribution in [0.2, 0.25) is 0 Å². The van der Waals surface area contributed by atoms with Gasteiger partial charge in [-0.05, 0) is 43.5 Å². The largest absolute Gasteiger partial charge is 0.352 e. The molecule has 2 aromatic heterocycles. The molecule has 0 aliphatic carbocycles. The predicted molar refractivity (Wildman–Crippen MR) is 119 cm³/mol. The standard InChI is InChI=1S/C23H25N7/c1-15-10-18(12-20-16(2)27-28-22(15)20)23-26-21(13-25-29-23)30-9-8-24-19(14-30)11-17-6-4-3-5-7-17/h3-7,10,12-13,19,24H,8-9,11,14H2,1-2H3,(H,27,28)/t19-/m0/s1. The van der Waals surface area contributed by atoms with Crippen LogP contribution in [0.5, 0.6) is 0 Å². The molecule has 7 heteroatoms. The molecule has 152 valence electrons. The van der Waals surface area contributed by atoms with Crippen molar-refractivity contribution in [2.24, 2.45) is 0 Å². The van der Waals surface area contributed by atoms with Crippen molar-refractivity contribution < 1.29 is 0 Å². The summed E-state index contributed by atoms with van der Waals surface area (Å²) in [4.78, 5) is 7.17. The number of hydrogen-bond acceptors (Lipinski definition) is 6. The first-order valence-electron chi connectivity index (χ1n) is 10.3. The van der Waals surface area contributed by atoms with Gasteiger partial charge in [-0.2, -0.15) is 10.2 Å². The zero-order chi connectivity index (χ0) is 20.5. The topological polar surface area (TPSA) is 82.6 Å². The fourth-order valence-electron chi connectivity index (χ4n) is 4.18. The van der Waals surface area contributed by atoms with Crippen LogP contribution in [-0.2, 0) is 6.42 Å². The summed E-state index contributed by atoms with van der Waals surface area (Å²) in [5.41, 5.74) is 5.45. The molecule has 0 radical (unpaired) electrons. The smallest absolute Gasteiger partial charge is 0.183 e. The van der Waals surface area contributed by atoms with E-state index in [1.165, 1.54) is 5.56 Å². The van der Waals surface area contributed by atoms with E-state index >= 15 is 0 Å². The number of nitrogens with one attached hydrogen (secondary N) is 2. The summed E-state index contributed by atoms with van der Waals surface area (Å²) in [6.07, 6.45) is 2.77. The predicted octanol–water partition coefficient (Wildman–Crippen LogP) is 3.05. The average molecular weight is 400 g/mol. The van der Waals surface area contributed by atoms with Crippen LogP contribution in [0.25, 0.3) is 22.3 Å². The van der Waals surface area contributed by atoms with E-state index in [0.29, 0.717) is 11.9 Å². The second kappa shape index (κ2) is 7.84. The Labute approximate surface area is 175 Å². The number of rotatable bonds is 4. The summed E-state index contributed by atoms with van der Waals surface area (Å²) in [5, 5.41) is 20.8. The van der Waals surface area contributed by atoms with Crippen molar-refractivity contribution in [3.05, 3.63) is 65.5 Å². The van der Waals surface area contributed by atoms with Gasteiger partial charge in [0.15, 0.2) is 11.6 Å². The molecule has 4 aromatic rings. The van der Waals surface area contributed by atoms with E-state index in [-0.39, 0.29) is 0 Å². The van der Waals surface area contributed by atoms with E-state index < -0.39 is 0 Å². The lowest BCUT2D eigenvalue weighted by atomic mass is 10.0. The highest BCUT2D eigenvalue weighted by Crippen LogP contribution is 2.27. The third-order valence-electron chi connectivity index (χ3n) is 5.75. The molecule has 30 heavy (non-hydrogen) atoms. The maximum atomic E-state index is 4.86. The fraction of sp³-hybridized carbons (Fsp3) is 0.304. The second-order valence-corrected chi connectivity index (χ2v) is 7.96. The summed E-state index contributed by atoms with van der Waals surface area (Å²) >= 11 is 0. The maximum absolute atomic E-state index is 4.86. The van der Waals surface area contributed by atoms with Crippen molar-refractivity contribution in [3.8, 4) is 11.4 Å². The zero-order valence-corrected chi connectivity index (χ0v) is 17.3. The van der Waals surface area contributed by atoms with Gasteiger partial charge in [0, 0.05) is 42.3 Å². The van der Waals surface area contributed by atoms with E-state index in [2.05, 4.69) is 80.0 Å². The van der Waals surface area contributed by atoms with E-state index in [1.807, 2.05) is 6.92 Å². The van der Waals surface area contributed by atoms with Gasteiger partial charge in [-0.1, -0.05) is 30.3 Å². The molecule has 5 rings (SSSR count). The molecule has 0 saturated carbocycles. The number of piperazine rings is 1. The Kier molecular flexibility index (Phi) is 4.88. The van der Waals surface area contributed by atoms with Crippen LogP contribution in [0.3, 0.4) is 0 Å². The lowest BCUT2D eigenvalue weighted by Crippen LogP contribution is -2.52. The van der Waals surface area contributed by atoms with Gasteiger partial charge < -0.3 is 10.2 Å². The lowest BCUT2D eigenvalue weighted by molar-refractivity contribution is 0.452. The van der Waals surface area contributed by atoms with Crippen LogP contribution in [0.1, 0.15) is 16.8 Å². The number of aryl methyl sites for hydroxylation is 2. The molecule has 3 heterocycles. The Balaban J connectivity index is 1.40. The summed E-state index contributed by atoms with van der Waals surface area (Å²) in [5.74, 6) is 1.53. The highest BCUT2D eigenvalue weighted by atomic mass is 15.3. The van der Waals surface area contributed by atoms with Gasteiger partial charge in [0.1, 0.15) is 0 Å². The van der Waals surface area contributed by atoms with E-state index in [4.69, 9.17) is 4.98 Å². The lowest BCUT2D eigenvalue weighted by Gasteiger charge is -2.34. The minimum Gasteiger partial charge on any atom is -0.352 e. The Hall–Kier alpha value is -3.32. The molecule has 1 fully saturated rings. The number of benzene rings is 2. The maximum Gasteiger partial charge on any atom is 0.183 e. The molecular weight excluding hydrogens is 374 g/mol. The molecule has 0 bridgehead atoms. The Morgan fingerprint density at radius 1 is 1.13 bits per heavy atom. The first-order valence-corrected chi connectivity index (χ1v) is 10.3. The van der Waals surface area contributed by atoms with Gasteiger partial charge in [-0.3, -0.25) is 5.10 Å². The van der Waals surface area contributed by atoms with Crippen molar-refractivity contribution in [2.45, 2.75) is 26.3 Å². The van der Waals surface area contributed by atoms with Gasteiger partial charge in [-0.25, -0.2) is 4.98 Å². The van der Waals surface area contributed by atoms with Gasteiger partial charge in [0.2, 0.25) is 0 Å². The minimum atomic E-state index is 0.381. The first kappa shape index (κ1) is 18.7.